The Labute approximate surface area is 183 Å². The van der Waals surface area contributed by atoms with Crippen molar-refractivity contribution in [3.05, 3.63) is 70.7 Å². The summed E-state index contributed by atoms with van der Waals surface area (Å²) in [6, 6.07) is 17.0. The van der Waals surface area contributed by atoms with Gasteiger partial charge < -0.3 is 10.2 Å². The Balaban J connectivity index is 2.11. The van der Waals surface area contributed by atoms with Crippen molar-refractivity contribution in [1.29, 1.82) is 0 Å². The number of carbonyl (C=O) groups excluding carboxylic acids is 2. The lowest BCUT2D eigenvalue weighted by atomic mass is 10.1. The second kappa shape index (κ2) is 11.9. The minimum atomic E-state index is -0.502. The number of halogens is 1. The first-order valence-corrected chi connectivity index (χ1v) is 11.4. The Kier molecular flexibility index (Phi) is 9.55. The minimum absolute atomic E-state index is 0.0245. The van der Waals surface area contributed by atoms with E-state index >= 15 is 0 Å². The Morgan fingerprint density at radius 2 is 1.69 bits per heavy atom. The van der Waals surface area contributed by atoms with E-state index in [1.165, 1.54) is 5.56 Å². The molecule has 0 saturated carbocycles. The number of carbonyl (C=O) groups is 2. The molecule has 156 valence electrons. The molecular weight excluding hydrogens is 404 g/mol. The van der Waals surface area contributed by atoms with Crippen LogP contribution in [0, 0.1) is 0 Å². The van der Waals surface area contributed by atoms with E-state index in [-0.39, 0.29) is 17.9 Å². The number of nitrogens with zero attached hydrogens (tertiary/aromatic N) is 1. The van der Waals surface area contributed by atoms with Crippen molar-refractivity contribution < 1.29 is 9.59 Å². The van der Waals surface area contributed by atoms with Crippen LogP contribution in [0.15, 0.2) is 54.6 Å². The van der Waals surface area contributed by atoms with E-state index in [0.717, 1.165) is 11.3 Å². The fourth-order valence-electron chi connectivity index (χ4n) is 3.00. The molecule has 0 bridgehead atoms. The predicted octanol–water partition coefficient (Wildman–Crippen LogP) is 4.91. The average Bonchev–Trinajstić information content (AvgIpc) is 2.69. The molecule has 2 aromatic carbocycles. The molecule has 0 radical (unpaired) electrons. The SMILES string of the molecule is CCC(C(=O)NC(C)C)N(Cc1ccc(Cl)cc1)C(=O)CSCc1ccccc1. The molecule has 0 aliphatic heterocycles. The number of benzene rings is 2. The van der Waals surface area contributed by atoms with E-state index in [1.807, 2.05) is 63.2 Å². The van der Waals surface area contributed by atoms with Crippen molar-refractivity contribution in [1.82, 2.24) is 10.2 Å². The minimum Gasteiger partial charge on any atom is -0.352 e. The standard InChI is InChI=1S/C23H29ClN2O2S/c1-4-21(23(28)25-17(2)3)26(14-18-10-12-20(24)13-11-18)22(27)16-29-15-19-8-6-5-7-9-19/h5-13,17,21H,4,14-16H2,1-3H3,(H,25,28). The van der Waals surface area contributed by atoms with Gasteiger partial charge in [-0.25, -0.2) is 0 Å². The third kappa shape index (κ3) is 7.75. The van der Waals surface area contributed by atoms with E-state index < -0.39 is 6.04 Å². The first kappa shape index (κ1) is 23.3. The van der Waals surface area contributed by atoms with Gasteiger partial charge in [-0.1, -0.05) is 61.0 Å². The Hall–Kier alpha value is -1.98. The summed E-state index contributed by atoms with van der Waals surface area (Å²) < 4.78 is 0. The van der Waals surface area contributed by atoms with Gasteiger partial charge in [0, 0.05) is 23.4 Å². The van der Waals surface area contributed by atoms with Gasteiger partial charge in [0.1, 0.15) is 6.04 Å². The fraction of sp³-hybridized carbons (Fsp3) is 0.391. The molecule has 2 aromatic rings. The van der Waals surface area contributed by atoms with Crippen LogP contribution in [-0.2, 0) is 21.9 Å². The van der Waals surface area contributed by atoms with Crippen LogP contribution in [0.1, 0.15) is 38.3 Å². The van der Waals surface area contributed by atoms with Crippen LogP contribution in [0.25, 0.3) is 0 Å². The summed E-state index contributed by atoms with van der Waals surface area (Å²) >= 11 is 7.55. The zero-order valence-corrected chi connectivity index (χ0v) is 18.8. The van der Waals surface area contributed by atoms with Gasteiger partial charge in [0.25, 0.3) is 0 Å². The van der Waals surface area contributed by atoms with Crippen LogP contribution >= 0.6 is 23.4 Å². The van der Waals surface area contributed by atoms with Crippen molar-refractivity contribution >= 4 is 35.2 Å². The van der Waals surface area contributed by atoms with Gasteiger partial charge in [-0.3, -0.25) is 9.59 Å². The van der Waals surface area contributed by atoms with E-state index in [2.05, 4.69) is 5.32 Å². The van der Waals surface area contributed by atoms with Crippen molar-refractivity contribution in [2.75, 3.05) is 5.75 Å². The van der Waals surface area contributed by atoms with Crippen molar-refractivity contribution in [2.45, 2.75) is 51.6 Å². The molecule has 0 fully saturated rings. The van der Waals surface area contributed by atoms with E-state index in [0.29, 0.717) is 23.7 Å². The molecule has 29 heavy (non-hydrogen) atoms. The Bertz CT molecular complexity index is 781. The third-order valence-corrected chi connectivity index (χ3v) is 5.66. The maximum Gasteiger partial charge on any atom is 0.243 e. The number of nitrogens with one attached hydrogen (secondary N) is 1. The quantitative estimate of drug-likeness (QED) is 0.580. The van der Waals surface area contributed by atoms with E-state index in [4.69, 9.17) is 11.6 Å². The summed E-state index contributed by atoms with van der Waals surface area (Å²) in [7, 11) is 0. The number of thioether (sulfide) groups is 1. The molecule has 0 spiro atoms. The Morgan fingerprint density at radius 1 is 1.03 bits per heavy atom. The van der Waals surface area contributed by atoms with Gasteiger partial charge in [-0.05, 0) is 43.5 Å². The molecule has 1 atom stereocenters. The van der Waals surface area contributed by atoms with Gasteiger partial charge in [0.15, 0.2) is 0 Å². The zero-order chi connectivity index (χ0) is 21.2. The largest absolute Gasteiger partial charge is 0.352 e. The van der Waals surface area contributed by atoms with Gasteiger partial charge in [-0.15, -0.1) is 11.8 Å². The van der Waals surface area contributed by atoms with Crippen molar-refractivity contribution in [3.8, 4) is 0 Å². The van der Waals surface area contributed by atoms with Gasteiger partial charge in [0.05, 0.1) is 5.75 Å². The number of hydrogen-bond donors (Lipinski definition) is 1. The second-order valence-corrected chi connectivity index (χ2v) is 8.64. The summed E-state index contributed by atoms with van der Waals surface area (Å²) in [6.07, 6.45) is 0.557. The highest BCUT2D eigenvalue weighted by Gasteiger charge is 2.28. The molecule has 2 rings (SSSR count). The van der Waals surface area contributed by atoms with Crippen LogP contribution in [0.5, 0.6) is 0 Å². The molecule has 0 aromatic heterocycles. The zero-order valence-electron chi connectivity index (χ0n) is 17.2. The van der Waals surface area contributed by atoms with Crippen molar-refractivity contribution in [3.63, 3.8) is 0 Å². The molecule has 0 heterocycles. The van der Waals surface area contributed by atoms with Crippen LogP contribution in [-0.4, -0.2) is 34.6 Å². The molecule has 1 N–H and O–H groups in total. The van der Waals surface area contributed by atoms with Gasteiger partial charge in [-0.2, -0.15) is 0 Å². The molecule has 2 amide bonds. The van der Waals surface area contributed by atoms with Crippen LogP contribution < -0.4 is 5.32 Å². The normalized spacial score (nSPS) is 11.9. The highest BCUT2D eigenvalue weighted by molar-refractivity contribution is 7.99. The van der Waals surface area contributed by atoms with Gasteiger partial charge in [0.2, 0.25) is 11.8 Å². The van der Waals surface area contributed by atoms with Crippen LogP contribution in [0.3, 0.4) is 0 Å². The molecule has 1 unspecified atom stereocenters. The fourth-order valence-corrected chi connectivity index (χ4v) is 4.00. The lowest BCUT2D eigenvalue weighted by Gasteiger charge is -2.31. The molecule has 0 aliphatic rings. The maximum absolute atomic E-state index is 13.1. The lowest BCUT2D eigenvalue weighted by Crippen LogP contribution is -2.50. The highest BCUT2D eigenvalue weighted by atomic mass is 35.5. The summed E-state index contributed by atoms with van der Waals surface area (Å²) in [5.41, 5.74) is 2.13. The van der Waals surface area contributed by atoms with Gasteiger partial charge >= 0.3 is 0 Å². The lowest BCUT2D eigenvalue weighted by molar-refractivity contribution is -0.139. The van der Waals surface area contributed by atoms with E-state index in [1.54, 1.807) is 28.8 Å². The first-order chi connectivity index (χ1) is 13.9. The maximum atomic E-state index is 13.1. The van der Waals surface area contributed by atoms with Crippen LogP contribution in [0.4, 0.5) is 0 Å². The number of hydrogen-bond acceptors (Lipinski definition) is 3. The third-order valence-electron chi connectivity index (χ3n) is 4.42. The monoisotopic (exact) mass is 432 g/mol. The molecule has 4 nitrogen and oxygen atoms in total. The first-order valence-electron chi connectivity index (χ1n) is 9.86. The number of rotatable bonds is 10. The highest BCUT2D eigenvalue weighted by Crippen LogP contribution is 2.18. The number of amides is 2. The molecule has 0 saturated heterocycles. The second-order valence-electron chi connectivity index (χ2n) is 7.21. The average molecular weight is 433 g/mol. The topological polar surface area (TPSA) is 49.4 Å². The summed E-state index contributed by atoms with van der Waals surface area (Å²) in [5.74, 6) is 0.939. The predicted molar refractivity (Wildman–Crippen MR) is 122 cm³/mol. The van der Waals surface area contributed by atoms with E-state index in [9.17, 15) is 9.59 Å². The molecule has 0 aliphatic carbocycles. The Morgan fingerprint density at radius 3 is 2.28 bits per heavy atom. The van der Waals surface area contributed by atoms with Crippen molar-refractivity contribution in [2.24, 2.45) is 0 Å². The van der Waals surface area contributed by atoms with Crippen LogP contribution in [0.2, 0.25) is 5.02 Å². The summed E-state index contributed by atoms with van der Waals surface area (Å²) in [5, 5.41) is 3.59. The summed E-state index contributed by atoms with van der Waals surface area (Å²) in [6.45, 7) is 6.16. The molecule has 6 heteroatoms. The molecular formula is C23H29ClN2O2S. The summed E-state index contributed by atoms with van der Waals surface area (Å²) in [4.78, 5) is 27.5. The smallest absolute Gasteiger partial charge is 0.243 e.